The van der Waals surface area contributed by atoms with Crippen molar-refractivity contribution in [1.82, 2.24) is 5.43 Å². The second kappa shape index (κ2) is 10.9. The fraction of sp³-hybridized carbons (Fsp3) is 0. The number of nitrogens with one attached hydrogen (secondary N) is 3. The molecular formula is C22H15BrCl2N4O3. The Labute approximate surface area is 201 Å². The van der Waals surface area contributed by atoms with Crippen molar-refractivity contribution in [3.8, 4) is 0 Å². The van der Waals surface area contributed by atoms with E-state index in [1.54, 1.807) is 48.5 Å². The molecule has 10 heteroatoms. The Balaban J connectivity index is 1.64. The number of rotatable bonds is 5. The van der Waals surface area contributed by atoms with E-state index in [-0.39, 0.29) is 11.3 Å². The molecule has 0 aliphatic heterocycles. The Morgan fingerprint density at radius 1 is 0.875 bits per heavy atom. The predicted octanol–water partition coefficient (Wildman–Crippen LogP) is 5.10. The average Bonchev–Trinajstić information content (AvgIpc) is 2.77. The second-order valence-electron chi connectivity index (χ2n) is 6.33. The van der Waals surface area contributed by atoms with Crippen LogP contribution in [0.25, 0.3) is 0 Å². The third-order valence-corrected chi connectivity index (χ3v) is 5.15. The van der Waals surface area contributed by atoms with E-state index in [0.717, 1.165) is 4.47 Å². The van der Waals surface area contributed by atoms with Gasteiger partial charge in [0, 0.05) is 20.7 Å². The van der Waals surface area contributed by atoms with Crippen molar-refractivity contribution in [3.05, 3.63) is 92.4 Å². The number of amides is 3. The summed E-state index contributed by atoms with van der Waals surface area (Å²) in [7, 11) is 0. The molecule has 0 aromatic heterocycles. The van der Waals surface area contributed by atoms with Gasteiger partial charge >= 0.3 is 11.8 Å². The number of halogens is 3. The molecule has 0 aliphatic rings. The summed E-state index contributed by atoms with van der Waals surface area (Å²) in [6, 6.07) is 18.1. The number of anilines is 2. The van der Waals surface area contributed by atoms with E-state index in [0.29, 0.717) is 21.3 Å². The van der Waals surface area contributed by atoms with Crippen LogP contribution in [-0.2, 0) is 9.59 Å². The quantitative estimate of drug-likeness (QED) is 0.242. The molecule has 0 saturated carbocycles. The minimum atomic E-state index is -1.02. The average molecular weight is 534 g/mol. The van der Waals surface area contributed by atoms with Gasteiger partial charge in [0.1, 0.15) is 0 Å². The van der Waals surface area contributed by atoms with Gasteiger partial charge in [-0.25, -0.2) is 5.43 Å². The summed E-state index contributed by atoms with van der Waals surface area (Å²) in [6.45, 7) is 0. The van der Waals surface area contributed by atoms with E-state index in [4.69, 9.17) is 23.2 Å². The minimum Gasteiger partial charge on any atom is -0.322 e. The smallest absolute Gasteiger partial charge is 0.322 e. The highest BCUT2D eigenvalue weighted by Gasteiger charge is 2.17. The van der Waals surface area contributed by atoms with E-state index in [1.165, 1.54) is 24.4 Å². The van der Waals surface area contributed by atoms with Gasteiger partial charge in [0.15, 0.2) is 0 Å². The first-order valence-electron chi connectivity index (χ1n) is 9.09. The molecule has 0 aliphatic carbocycles. The number of para-hydroxylation sites is 1. The minimum absolute atomic E-state index is 0.173. The molecule has 0 heterocycles. The van der Waals surface area contributed by atoms with Crippen molar-refractivity contribution in [1.29, 1.82) is 0 Å². The van der Waals surface area contributed by atoms with Gasteiger partial charge in [0.25, 0.3) is 5.91 Å². The second-order valence-corrected chi connectivity index (χ2v) is 8.08. The maximum Gasteiger partial charge on any atom is 0.329 e. The largest absolute Gasteiger partial charge is 0.329 e. The number of hydrogen-bond acceptors (Lipinski definition) is 4. The Morgan fingerprint density at radius 3 is 2.31 bits per heavy atom. The third-order valence-electron chi connectivity index (χ3n) is 4.06. The Hall–Kier alpha value is -3.20. The van der Waals surface area contributed by atoms with E-state index in [9.17, 15) is 14.4 Å². The zero-order valence-electron chi connectivity index (χ0n) is 16.2. The van der Waals surface area contributed by atoms with Gasteiger partial charge in [-0.15, -0.1) is 0 Å². The van der Waals surface area contributed by atoms with Gasteiger partial charge in [-0.3, -0.25) is 14.4 Å². The fourth-order valence-corrected chi connectivity index (χ4v) is 3.24. The number of benzene rings is 3. The zero-order chi connectivity index (χ0) is 23.1. The van der Waals surface area contributed by atoms with Gasteiger partial charge in [-0.05, 0) is 48.5 Å². The lowest BCUT2D eigenvalue weighted by molar-refractivity contribution is -0.136. The van der Waals surface area contributed by atoms with Crippen LogP contribution in [0.3, 0.4) is 0 Å². The first kappa shape index (κ1) is 23.5. The van der Waals surface area contributed by atoms with Gasteiger partial charge < -0.3 is 10.6 Å². The van der Waals surface area contributed by atoms with E-state index in [2.05, 4.69) is 37.1 Å². The lowest BCUT2D eigenvalue weighted by atomic mass is 10.1. The highest BCUT2D eigenvalue weighted by molar-refractivity contribution is 9.10. The summed E-state index contributed by atoms with van der Waals surface area (Å²) in [4.78, 5) is 37.0. The van der Waals surface area contributed by atoms with Crippen LogP contribution in [0.1, 0.15) is 15.9 Å². The van der Waals surface area contributed by atoms with Crippen molar-refractivity contribution in [2.45, 2.75) is 0 Å². The van der Waals surface area contributed by atoms with Crippen LogP contribution in [0.5, 0.6) is 0 Å². The van der Waals surface area contributed by atoms with Gasteiger partial charge in [0.05, 0.1) is 22.5 Å². The molecule has 0 spiro atoms. The molecular weight excluding hydrogens is 519 g/mol. The van der Waals surface area contributed by atoms with Gasteiger partial charge in [-0.2, -0.15) is 5.10 Å². The van der Waals surface area contributed by atoms with Crippen LogP contribution in [0, 0.1) is 0 Å². The van der Waals surface area contributed by atoms with Crippen molar-refractivity contribution >= 4 is 74.4 Å². The summed E-state index contributed by atoms with van der Waals surface area (Å²) in [5.41, 5.74) is 3.55. The summed E-state index contributed by atoms with van der Waals surface area (Å²) < 4.78 is 0.871. The van der Waals surface area contributed by atoms with Crippen LogP contribution in [0.15, 0.2) is 76.3 Å². The number of carbonyl (C=O) groups is 3. The molecule has 3 aromatic rings. The molecule has 3 rings (SSSR count). The van der Waals surface area contributed by atoms with Crippen LogP contribution in [0.4, 0.5) is 11.4 Å². The standard InChI is InChI=1S/C22H15BrCl2N4O3/c23-14-6-9-16(10-7-14)27-20(30)17-3-1-2-4-19(17)28-21(31)22(32)29-26-12-13-5-8-15(24)11-18(13)25/h1-12H,(H,27,30)(H,28,31)(H,29,32)/b26-12+. The molecule has 0 radical (unpaired) electrons. The Bertz CT molecular complexity index is 1200. The first-order valence-corrected chi connectivity index (χ1v) is 10.6. The van der Waals surface area contributed by atoms with Crippen LogP contribution >= 0.6 is 39.1 Å². The lowest BCUT2D eigenvalue weighted by Gasteiger charge is -2.11. The molecule has 162 valence electrons. The SMILES string of the molecule is O=C(N/N=C/c1ccc(Cl)cc1Cl)C(=O)Nc1ccccc1C(=O)Nc1ccc(Br)cc1. The van der Waals surface area contributed by atoms with E-state index in [1.807, 2.05) is 0 Å². The summed E-state index contributed by atoms with van der Waals surface area (Å²) in [5.74, 6) is -2.46. The molecule has 7 nitrogen and oxygen atoms in total. The van der Waals surface area contributed by atoms with Crippen LogP contribution < -0.4 is 16.1 Å². The number of hydrogen-bond donors (Lipinski definition) is 3. The predicted molar refractivity (Wildman–Crippen MR) is 129 cm³/mol. The molecule has 3 N–H and O–H groups in total. The number of hydrazone groups is 1. The molecule has 0 atom stereocenters. The first-order chi connectivity index (χ1) is 15.3. The van der Waals surface area contributed by atoms with Gasteiger partial charge in [0.2, 0.25) is 0 Å². The normalized spacial score (nSPS) is 10.6. The highest BCUT2D eigenvalue weighted by Crippen LogP contribution is 2.20. The maximum atomic E-state index is 12.6. The van der Waals surface area contributed by atoms with Crippen molar-refractivity contribution in [2.24, 2.45) is 5.10 Å². The monoisotopic (exact) mass is 532 g/mol. The fourth-order valence-electron chi connectivity index (χ4n) is 2.52. The van der Waals surface area contributed by atoms with E-state index < -0.39 is 17.7 Å². The molecule has 0 bridgehead atoms. The van der Waals surface area contributed by atoms with Gasteiger partial charge in [-0.1, -0.05) is 57.3 Å². The number of nitrogens with zero attached hydrogens (tertiary/aromatic N) is 1. The van der Waals surface area contributed by atoms with Crippen molar-refractivity contribution in [2.75, 3.05) is 10.6 Å². The topological polar surface area (TPSA) is 99.7 Å². The molecule has 3 aromatic carbocycles. The van der Waals surface area contributed by atoms with E-state index >= 15 is 0 Å². The Kier molecular flexibility index (Phi) is 7.99. The lowest BCUT2D eigenvalue weighted by Crippen LogP contribution is -2.33. The van der Waals surface area contributed by atoms with Crippen molar-refractivity contribution in [3.63, 3.8) is 0 Å². The maximum absolute atomic E-state index is 12.6. The summed E-state index contributed by atoms with van der Waals surface area (Å²) >= 11 is 15.2. The van der Waals surface area contributed by atoms with Crippen LogP contribution in [-0.4, -0.2) is 23.9 Å². The molecule has 0 saturated heterocycles. The molecule has 0 unspecified atom stereocenters. The highest BCUT2D eigenvalue weighted by atomic mass is 79.9. The number of carbonyl (C=O) groups excluding carboxylic acids is 3. The van der Waals surface area contributed by atoms with Crippen LogP contribution in [0.2, 0.25) is 10.0 Å². The summed E-state index contributed by atoms with van der Waals surface area (Å²) in [5, 5.41) is 9.66. The molecule has 0 fully saturated rings. The third kappa shape index (κ3) is 6.40. The Morgan fingerprint density at radius 2 is 1.59 bits per heavy atom. The summed E-state index contributed by atoms with van der Waals surface area (Å²) in [6.07, 6.45) is 1.28. The molecule has 32 heavy (non-hydrogen) atoms. The van der Waals surface area contributed by atoms with Crippen molar-refractivity contribution < 1.29 is 14.4 Å². The molecule has 3 amide bonds. The zero-order valence-corrected chi connectivity index (χ0v) is 19.3.